The molecule has 2 aromatic rings. The van der Waals surface area contributed by atoms with Crippen LogP contribution in [0.25, 0.3) is 0 Å². The van der Waals surface area contributed by atoms with Crippen LogP contribution in [-0.2, 0) is 10.0 Å². The van der Waals surface area contributed by atoms with Crippen molar-refractivity contribution in [3.05, 3.63) is 46.7 Å². The number of allylic oxidation sites excluding steroid dienone is 1. The van der Waals surface area contributed by atoms with Gasteiger partial charge in [0.15, 0.2) is 5.82 Å². The van der Waals surface area contributed by atoms with Crippen molar-refractivity contribution < 1.29 is 8.42 Å². The van der Waals surface area contributed by atoms with Crippen molar-refractivity contribution in [2.24, 2.45) is 5.14 Å². The smallest absolute Gasteiger partial charge is 0.238 e. The first-order valence-corrected chi connectivity index (χ1v) is 11.5. The standard InChI is InChI=1S/C18H27BrN6O2S/c1-4-5-6-7-8-11-21-17(18-22-23-24-25(18)13(2)3)15-10-9-14(12-16(15)19)28(20,26)27/h4,9-10,12-13,17,21H,1,5-8,11H2,2-3H3,(H2,20,26,27). The molecule has 0 aliphatic carbocycles. The van der Waals surface area contributed by atoms with E-state index in [-0.39, 0.29) is 17.0 Å². The van der Waals surface area contributed by atoms with Crippen LogP contribution in [0, 0.1) is 0 Å². The summed E-state index contributed by atoms with van der Waals surface area (Å²) >= 11 is 3.48. The number of benzene rings is 1. The normalized spacial score (nSPS) is 13.0. The largest absolute Gasteiger partial charge is 0.304 e. The van der Waals surface area contributed by atoms with E-state index in [1.165, 1.54) is 12.1 Å². The molecule has 0 bridgehead atoms. The molecule has 0 saturated carbocycles. The molecule has 0 radical (unpaired) electrons. The van der Waals surface area contributed by atoms with Crippen molar-refractivity contribution >= 4 is 26.0 Å². The highest BCUT2D eigenvalue weighted by Crippen LogP contribution is 2.30. The summed E-state index contributed by atoms with van der Waals surface area (Å²) in [4.78, 5) is 0.0507. The number of halogens is 1. The second-order valence-corrected chi connectivity index (χ2v) is 9.24. The second-order valence-electron chi connectivity index (χ2n) is 6.83. The Balaban J connectivity index is 2.30. The van der Waals surface area contributed by atoms with Crippen LogP contribution in [0.1, 0.15) is 63.0 Å². The predicted molar refractivity (Wildman–Crippen MR) is 112 cm³/mol. The van der Waals surface area contributed by atoms with E-state index in [4.69, 9.17) is 5.14 Å². The molecule has 0 saturated heterocycles. The van der Waals surface area contributed by atoms with Gasteiger partial charge in [-0.3, -0.25) is 0 Å². The number of primary sulfonamides is 1. The average Bonchev–Trinajstić information content (AvgIpc) is 3.10. The van der Waals surface area contributed by atoms with Crippen LogP contribution in [0.15, 0.2) is 40.2 Å². The summed E-state index contributed by atoms with van der Waals surface area (Å²) in [6.07, 6.45) is 6.13. The number of hydrogen-bond donors (Lipinski definition) is 2. The Morgan fingerprint density at radius 2 is 2.07 bits per heavy atom. The van der Waals surface area contributed by atoms with E-state index in [1.54, 1.807) is 10.7 Å². The third kappa shape index (κ3) is 5.94. The number of rotatable bonds is 11. The maximum absolute atomic E-state index is 11.6. The Bertz CT molecular complexity index is 897. The van der Waals surface area contributed by atoms with E-state index in [0.717, 1.165) is 37.8 Å². The Morgan fingerprint density at radius 3 is 2.68 bits per heavy atom. The van der Waals surface area contributed by atoms with Crippen LogP contribution in [0.2, 0.25) is 0 Å². The third-order valence-electron chi connectivity index (χ3n) is 4.31. The lowest BCUT2D eigenvalue weighted by Gasteiger charge is -2.21. The third-order valence-corrected chi connectivity index (χ3v) is 5.91. The average molecular weight is 471 g/mol. The van der Waals surface area contributed by atoms with Crippen molar-refractivity contribution in [2.45, 2.75) is 56.5 Å². The van der Waals surface area contributed by atoms with Crippen molar-refractivity contribution in [3.8, 4) is 0 Å². The number of unbranched alkanes of at least 4 members (excludes halogenated alkanes) is 3. The summed E-state index contributed by atoms with van der Waals surface area (Å²) in [7, 11) is -3.78. The van der Waals surface area contributed by atoms with Gasteiger partial charge in [-0.25, -0.2) is 18.2 Å². The van der Waals surface area contributed by atoms with E-state index in [0.29, 0.717) is 10.3 Å². The highest BCUT2D eigenvalue weighted by molar-refractivity contribution is 9.10. The minimum atomic E-state index is -3.78. The topological polar surface area (TPSA) is 116 Å². The first-order valence-electron chi connectivity index (χ1n) is 9.20. The van der Waals surface area contributed by atoms with Crippen LogP contribution < -0.4 is 10.5 Å². The highest BCUT2D eigenvalue weighted by Gasteiger charge is 2.24. The van der Waals surface area contributed by atoms with Gasteiger partial charge in [-0.05, 0) is 67.8 Å². The quantitative estimate of drug-likeness (QED) is 0.384. The van der Waals surface area contributed by atoms with Crippen molar-refractivity contribution in [1.29, 1.82) is 0 Å². The number of hydrogen-bond acceptors (Lipinski definition) is 6. The summed E-state index contributed by atoms with van der Waals surface area (Å²) in [5.74, 6) is 0.671. The van der Waals surface area contributed by atoms with Gasteiger partial charge in [0.2, 0.25) is 10.0 Å². The molecule has 1 aromatic carbocycles. The molecular weight excluding hydrogens is 444 g/mol. The van der Waals surface area contributed by atoms with Gasteiger partial charge in [0, 0.05) is 4.47 Å². The Hall–Kier alpha value is -1.62. The molecule has 0 aliphatic rings. The van der Waals surface area contributed by atoms with Crippen LogP contribution in [0.3, 0.4) is 0 Å². The molecule has 0 spiro atoms. The van der Waals surface area contributed by atoms with Crippen LogP contribution in [0.5, 0.6) is 0 Å². The number of tetrazole rings is 1. The molecule has 0 fully saturated rings. The summed E-state index contributed by atoms with van der Waals surface area (Å²) in [6, 6.07) is 4.54. The van der Waals surface area contributed by atoms with Gasteiger partial charge in [0.25, 0.3) is 0 Å². The van der Waals surface area contributed by atoms with Gasteiger partial charge >= 0.3 is 0 Å². The van der Waals surface area contributed by atoms with E-state index < -0.39 is 10.0 Å². The number of sulfonamides is 1. The van der Waals surface area contributed by atoms with Gasteiger partial charge in [-0.15, -0.1) is 11.7 Å². The van der Waals surface area contributed by atoms with E-state index in [9.17, 15) is 8.42 Å². The predicted octanol–water partition coefficient (Wildman–Crippen LogP) is 3.09. The zero-order valence-electron chi connectivity index (χ0n) is 16.2. The maximum Gasteiger partial charge on any atom is 0.238 e. The van der Waals surface area contributed by atoms with Gasteiger partial charge in [0.1, 0.15) is 0 Å². The molecule has 1 atom stereocenters. The number of nitrogens with one attached hydrogen (secondary N) is 1. The summed E-state index contributed by atoms with van der Waals surface area (Å²) in [5, 5.41) is 20.9. The van der Waals surface area contributed by atoms with Crippen molar-refractivity contribution in [1.82, 2.24) is 25.5 Å². The van der Waals surface area contributed by atoms with Crippen molar-refractivity contribution in [2.75, 3.05) is 6.54 Å². The number of aromatic nitrogens is 4. The Kier molecular flexibility index (Phi) is 8.29. The Morgan fingerprint density at radius 1 is 1.32 bits per heavy atom. The monoisotopic (exact) mass is 470 g/mol. The van der Waals surface area contributed by atoms with Crippen molar-refractivity contribution in [3.63, 3.8) is 0 Å². The lowest BCUT2D eigenvalue weighted by atomic mass is 10.1. The van der Waals surface area contributed by atoms with Crippen LogP contribution in [0.4, 0.5) is 0 Å². The molecule has 154 valence electrons. The molecule has 0 amide bonds. The van der Waals surface area contributed by atoms with Gasteiger partial charge in [0.05, 0.1) is 17.0 Å². The second kappa shape index (κ2) is 10.2. The molecule has 10 heteroatoms. The highest BCUT2D eigenvalue weighted by atomic mass is 79.9. The lowest BCUT2D eigenvalue weighted by Crippen LogP contribution is -2.28. The zero-order chi connectivity index (χ0) is 20.7. The fourth-order valence-corrected chi connectivity index (χ4v) is 4.15. The van der Waals surface area contributed by atoms with Crippen LogP contribution in [-0.4, -0.2) is 35.2 Å². The lowest BCUT2D eigenvalue weighted by molar-refractivity contribution is 0.455. The van der Waals surface area contributed by atoms with E-state index >= 15 is 0 Å². The maximum atomic E-state index is 11.6. The molecule has 0 aliphatic heterocycles. The molecule has 28 heavy (non-hydrogen) atoms. The van der Waals surface area contributed by atoms with Gasteiger partial charge in [-0.2, -0.15) is 0 Å². The van der Waals surface area contributed by atoms with Gasteiger partial charge in [-0.1, -0.05) is 34.5 Å². The molecule has 1 aromatic heterocycles. The number of nitrogens with zero attached hydrogens (tertiary/aromatic N) is 4. The summed E-state index contributed by atoms with van der Waals surface area (Å²) in [6.45, 7) is 8.53. The molecule has 1 unspecified atom stereocenters. The first-order chi connectivity index (χ1) is 13.3. The van der Waals surface area contributed by atoms with E-state index in [1.807, 2.05) is 19.9 Å². The van der Waals surface area contributed by atoms with Crippen LogP contribution >= 0.6 is 15.9 Å². The molecular formula is C18H27BrN6O2S. The minimum Gasteiger partial charge on any atom is -0.304 e. The fraction of sp³-hybridized carbons (Fsp3) is 0.500. The summed E-state index contributed by atoms with van der Waals surface area (Å²) < 4.78 is 25.7. The van der Waals surface area contributed by atoms with E-state index in [2.05, 4.69) is 43.4 Å². The fourth-order valence-electron chi connectivity index (χ4n) is 2.85. The minimum absolute atomic E-state index is 0.0507. The zero-order valence-corrected chi connectivity index (χ0v) is 18.6. The Labute approximate surface area is 174 Å². The molecule has 8 nitrogen and oxygen atoms in total. The number of nitrogens with two attached hydrogens (primary N) is 1. The molecule has 1 heterocycles. The summed E-state index contributed by atoms with van der Waals surface area (Å²) in [5.41, 5.74) is 0.843. The molecule has 2 rings (SSSR count). The SMILES string of the molecule is C=CCCCCCNC(c1ccc(S(N)(=O)=O)cc1Br)c1nnnn1C(C)C. The molecule has 3 N–H and O–H groups in total. The first kappa shape index (κ1) is 22.7. The van der Waals surface area contributed by atoms with Gasteiger partial charge < -0.3 is 5.32 Å².